The van der Waals surface area contributed by atoms with Gasteiger partial charge in [-0.15, -0.1) is 0 Å². The fourth-order valence-electron chi connectivity index (χ4n) is 1.37. The summed E-state index contributed by atoms with van der Waals surface area (Å²) in [5.41, 5.74) is 0.292. The van der Waals surface area contributed by atoms with Gasteiger partial charge in [0.05, 0.1) is 0 Å². The van der Waals surface area contributed by atoms with Crippen LogP contribution >= 0.6 is 11.6 Å². The van der Waals surface area contributed by atoms with Gasteiger partial charge in [-0.05, 0) is 30.3 Å². The second-order valence-corrected chi connectivity index (χ2v) is 3.89. The summed E-state index contributed by atoms with van der Waals surface area (Å²) >= 11 is 5.73. The van der Waals surface area contributed by atoms with Crippen LogP contribution in [0, 0.1) is 11.6 Å². The van der Waals surface area contributed by atoms with E-state index in [1.54, 1.807) is 12.1 Å². The first-order valence-electron chi connectivity index (χ1n) is 4.98. The Labute approximate surface area is 103 Å². The maximum absolute atomic E-state index is 13.3. The molecule has 0 fully saturated rings. The molecule has 0 heterocycles. The van der Waals surface area contributed by atoms with Gasteiger partial charge < -0.3 is 4.74 Å². The second-order valence-electron chi connectivity index (χ2n) is 3.45. The monoisotopic (exact) mass is 254 g/mol. The minimum atomic E-state index is -0.477. The van der Waals surface area contributed by atoms with Crippen molar-refractivity contribution in [3.05, 3.63) is 64.7 Å². The molecule has 0 aromatic heterocycles. The predicted octanol–water partition coefficient (Wildman–Crippen LogP) is 4.20. The lowest BCUT2D eigenvalue weighted by molar-refractivity contribution is 0.285. The zero-order valence-electron chi connectivity index (χ0n) is 8.79. The quantitative estimate of drug-likeness (QED) is 0.798. The third kappa shape index (κ3) is 2.94. The average molecular weight is 255 g/mol. The summed E-state index contributed by atoms with van der Waals surface area (Å²) in [5, 5.41) is 0.415. The van der Waals surface area contributed by atoms with Gasteiger partial charge in [0, 0.05) is 10.6 Å². The van der Waals surface area contributed by atoms with Crippen LogP contribution in [0.4, 0.5) is 8.78 Å². The predicted molar refractivity (Wildman–Crippen MR) is 62.1 cm³/mol. The molecule has 0 bridgehead atoms. The molecule has 0 aliphatic carbocycles. The average Bonchev–Trinajstić information content (AvgIpc) is 2.32. The Morgan fingerprint density at radius 2 is 1.76 bits per heavy atom. The van der Waals surface area contributed by atoms with Gasteiger partial charge in [0.15, 0.2) is 11.6 Å². The van der Waals surface area contributed by atoms with Crippen molar-refractivity contribution in [3.63, 3.8) is 0 Å². The zero-order chi connectivity index (χ0) is 12.3. The molecular weight excluding hydrogens is 246 g/mol. The summed E-state index contributed by atoms with van der Waals surface area (Å²) < 4.78 is 31.8. The highest BCUT2D eigenvalue weighted by Crippen LogP contribution is 2.20. The molecule has 0 radical (unpaired) electrons. The fourth-order valence-corrected chi connectivity index (χ4v) is 1.57. The van der Waals surface area contributed by atoms with Crippen LogP contribution in [0.3, 0.4) is 0 Å². The van der Waals surface area contributed by atoms with Crippen LogP contribution in [-0.2, 0) is 6.61 Å². The molecule has 0 amide bonds. The largest absolute Gasteiger partial charge is 0.486 e. The Kier molecular flexibility index (Phi) is 3.59. The molecule has 0 spiro atoms. The van der Waals surface area contributed by atoms with Gasteiger partial charge in [0.2, 0.25) is 0 Å². The van der Waals surface area contributed by atoms with Gasteiger partial charge in [-0.25, -0.2) is 8.78 Å². The van der Waals surface area contributed by atoms with E-state index in [4.69, 9.17) is 16.3 Å². The van der Waals surface area contributed by atoms with E-state index >= 15 is 0 Å². The molecule has 4 heteroatoms. The van der Waals surface area contributed by atoms with Crippen molar-refractivity contribution in [3.8, 4) is 5.75 Å². The van der Waals surface area contributed by atoms with Crippen LogP contribution in [0.5, 0.6) is 5.75 Å². The molecule has 0 saturated heterocycles. The van der Waals surface area contributed by atoms with Crippen molar-refractivity contribution in [2.45, 2.75) is 6.61 Å². The van der Waals surface area contributed by atoms with E-state index in [1.165, 1.54) is 30.3 Å². The molecule has 2 aromatic carbocycles. The lowest BCUT2D eigenvalue weighted by Crippen LogP contribution is -1.99. The van der Waals surface area contributed by atoms with Crippen molar-refractivity contribution in [2.24, 2.45) is 0 Å². The number of rotatable bonds is 3. The summed E-state index contributed by atoms with van der Waals surface area (Å²) in [7, 11) is 0. The van der Waals surface area contributed by atoms with E-state index in [1.807, 2.05) is 0 Å². The first-order chi connectivity index (χ1) is 8.16. The molecule has 0 unspecified atom stereocenters. The number of benzene rings is 2. The molecule has 0 saturated carbocycles. The Bertz CT molecular complexity index is 529. The Balaban J connectivity index is 2.12. The van der Waals surface area contributed by atoms with Crippen LogP contribution in [-0.4, -0.2) is 0 Å². The van der Waals surface area contributed by atoms with E-state index in [0.29, 0.717) is 10.6 Å². The number of halogens is 3. The molecule has 0 atom stereocenters. The van der Waals surface area contributed by atoms with Gasteiger partial charge in [-0.3, -0.25) is 0 Å². The minimum absolute atomic E-state index is 0.0622. The smallest absolute Gasteiger partial charge is 0.165 e. The van der Waals surface area contributed by atoms with E-state index < -0.39 is 11.6 Å². The molecule has 17 heavy (non-hydrogen) atoms. The van der Waals surface area contributed by atoms with E-state index in [-0.39, 0.29) is 12.4 Å². The van der Waals surface area contributed by atoms with Crippen LogP contribution in [0.15, 0.2) is 42.5 Å². The second kappa shape index (κ2) is 5.15. The SMILES string of the molecule is Fc1ccc(Cl)cc1COc1ccccc1F. The number of para-hydroxylation sites is 1. The van der Waals surface area contributed by atoms with Gasteiger partial charge in [0.1, 0.15) is 12.4 Å². The third-order valence-electron chi connectivity index (χ3n) is 2.23. The molecule has 0 aliphatic rings. The number of hydrogen-bond acceptors (Lipinski definition) is 1. The summed E-state index contributed by atoms with van der Waals surface area (Å²) in [6.07, 6.45) is 0. The van der Waals surface area contributed by atoms with Crippen LogP contribution < -0.4 is 4.74 Å². The van der Waals surface area contributed by atoms with Crippen LogP contribution in [0.25, 0.3) is 0 Å². The van der Waals surface area contributed by atoms with E-state index in [9.17, 15) is 8.78 Å². The highest BCUT2D eigenvalue weighted by Gasteiger charge is 2.06. The van der Waals surface area contributed by atoms with Crippen LogP contribution in [0.1, 0.15) is 5.56 Å². The third-order valence-corrected chi connectivity index (χ3v) is 2.46. The highest BCUT2D eigenvalue weighted by atomic mass is 35.5. The van der Waals surface area contributed by atoms with E-state index in [0.717, 1.165) is 0 Å². The van der Waals surface area contributed by atoms with Crippen molar-refractivity contribution in [1.82, 2.24) is 0 Å². The summed E-state index contributed by atoms with van der Waals surface area (Å²) in [6, 6.07) is 10.1. The summed E-state index contributed by atoms with van der Waals surface area (Å²) in [5.74, 6) is -0.812. The van der Waals surface area contributed by atoms with Crippen LogP contribution in [0.2, 0.25) is 5.02 Å². The maximum Gasteiger partial charge on any atom is 0.165 e. The molecular formula is C13H9ClF2O. The standard InChI is InChI=1S/C13H9ClF2O/c14-10-5-6-11(15)9(7-10)8-17-13-4-2-1-3-12(13)16/h1-7H,8H2. The molecule has 0 N–H and O–H groups in total. The van der Waals surface area contributed by atoms with Gasteiger partial charge in [-0.1, -0.05) is 23.7 Å². The lowest BCUT2D eigenvalue weighted by atomic mass is 10.2. The van der Waals surface area contributed by atoms with Crippen molar-refractivity contribution >= 4 is 11.6 Å². The van der Waals surface area contributed by atoms with Gasteiger partial charge in [-0.2, -0.15) is 0 Å². The Morgan fingerprint density at radius 3 is 2.53 bits per heavy atom. The first kappa shape index (κ1) is 11.9. The topological polar surface area (TPSA) is 9.23 Å². The summed E-state index contributed by atoms with van der Waals surface area (Å²) in [4.78, 5) is 0. The fraction of sp³-hybridized carbons (Fsp3) is 0.0769. The van der Waals surface area contributed by atoms with Gasteiger partial charge in [0.25, 0.3) is 0 Å². The normalized spacial score (nSPS) is 10.3. The Hall–Kier alpha value is -1.61. The molecule has 2 rings (SSSR count). The number of ether oxygens (including phenoxy) is 1. The van der Waals surface area contributed by atoms with Gasteiger partial charge >= 0.3 is 0 Å². The van der Waals surface area contributed by atoms with E-state index in [2.05, 4.69) is 0 Å². The first-order valence-corrected chi connectivity index (χ1v) is 5.36. The van der Waals surface area contributed by atoms with Crippen molar-refractivity contribution in [2.75, 3.05) is 0 Å². The maximum atomic E-state index is 13.3. The zero-order valence-corrected chi connectivity index (χ0v) is 9.55. The summed E-state index contributed by atoms with van der Waals surface area (Å²) in [6.45, 7) is -0.0622. The van der Waals surface area contributed by atoms with Crippen molar-refractivity contribution < 1.29 is 13.5 Å². The molecule has 1 nitrogen and oxygen atoms in total. The molecule has 2 aromatic rings. The molecule has 88 valence electrons. The van der Waals surface area contributed by atoms with Crippen molar-refractivity contribution in [1.29, 1.82) is 0 Å². The lowest BCUT2D eigenvalue weighted by Gasteiger charge is -2.08. The minimum Gasteiger partial charge on any atom is -0.486 e. The number of hydrogen-bond donors (Lipinski definition) is 0. The molecule has 0 aliphatic heterocycles. The Morgan fingerprint density at radius 1 is 1.00 bits per heavy atom. The highest BCUT2D eigenvalue weighted by molar-refractivity contribution is 6.30.